The van der Waals surface area contributed by atoms with Gasteiger partial charge in [0.25, 0.3) is 0 Å². The molecule has 4 unspecified atom stereocenters. The van der Waals surface area contributed by atoms with Crippen LogP contribution < -0.4 is 27.8 Å². The number of rotatable bonds is 15. The van der Waals surface area contributed by atoms with Crippen LogP contribution >= 0.6 is 0 Å². The number of carbonyl (C=O) groups excluding carboxylic acids is 2. The number of unbranched alkanes of at least 4 members (excludes halogenated alkanes) is 2. The Hall–Kier alpha value is -1.71. The minimum atomic E-state index is -1.10. The van der Waals surface area contributed by atoms with Crippen molar-refractivity contribution in [3.05, 3.63) is 0 Å². The molecule has 0 bridgehead atoms. The van der Waals surface area contributed by atoms with Gasteiger partial charge in [-0.05, 0) is 51.1 Å². The van der Waals surface area contributed by atoms with E-state index in [9.17, 15) is 19.5 Å². The fourth-order valence-electron chi connectivity index (χ4n) is 2.61. The maximum atomic E-state index is 12.6. The van der Waals surface area contributed by atoms with Crippen molar-refractivity contribution in [2.75, 3.05) is 13.1 Å². The minimum absolute atomic E-state index is 0.163. The largest absolute Gasteiger partial charge is 0.480 e. The maximum Gasteiger partial charge on any atom is 0.326 e. The van der Waals surface area contributed by atoms with Crippen molar-refractivity contribution in [3.8, 4) is 0 Å². The molecule has 9 heteroatoms. The van der Waals surface area contributed by atoms with Gasteiger partial charge in [0.2, 0.25) is 11.8 Å². The first-order valence-electron chi connectivity index (χ1n) is 9.77. The van der Waals surface area contributed by atoms with E-state index < -0.39 is 35.9 Å². The Balaban J connectivity index is 4.92. The number of carbonyl (C=O) groups is 3. The second-order valence-corrected chi connectivity index (χ2v) is 6.95. The normalized spacial score (nSPS) is 15.4. The van der Waals surface area contributed by atoms with Crippen LogP contribution in [0.25, 0.3) is 0 Å². The summed E-state index contributed by atoms with van der Waals surface area (Å²) >= 11 is 0. The van der Waals surface area contributed by atoms with Crippen LogP contribution in [0.1, 0.15) is 58.8 Å². The van der Waals surface area contributed by atoms with E-state index in [-0.39, 0.29) is 12.3 Å². The summed E-state index contributed by atoms with van der Waals surface area (Å²) < 4.78 is 0. The third-order valence-corrected chi connectivity index (χ3v) is 4.66. The lowest BCUT2D eigenvalue weighted by atomic mass is 9.97. The van der Waals surface area contributed by atoms with Gasteiger partial charge in [-0.1, -0.05) is 26.7 Å². The van der Waals surface area contributed by atoms with Gasteiger partial charge in [0.1, 0.15) is 12.1 Å². The highest BCUT2D eigenvalue weighted by Gasteiger charge is 2.30. The van der Waals surface area contributed by atoms with Crippen molar-refractivity contribution in [1.29, 1.82) is 0 Å². The summed E-state index contributed by atoms with van der Waals surface area (Å²) in [5.74, 6) is -2.19. The average Bonchev–Trinajstić information content (AvgIpc) is 2.64. The molecule has 0 aromatic rings. The summed E-state index contributed by atoms with van der Waals surface area (Å²) in [4.78, 5) is 36.4. The number of carboxylic acid groups (broad SMARTS) is 1. The van der Waals surface area contributed by atoms with E-state index in [2.05, 4.69) is 10.6 Å². The van der Waals surface area contributed by atoms with Crippen molar-refractivity contribution in [1.82, 2.24) is 10.6 Å². The second-order valence-electron chi connectivity index (χ2n) is 6.95. The van der Waals surface area contributed by atoms with E-state index in [1.54, 1.807) is 0 Å². The van der Waals surface area contributed by atoms with Crippen LogP contribution in [0.15, 0.2) is 0 Å². The van der Waals surface area contributed by atoms with E-state index in [4.69, 9.17) is 17.2 Å². The van der Waals surface area contributed by atoms with Gasteiger partial charge < -0.3 is 32.9 Å². The number of carboxylic acids is 1. The quantitative estimate of drug-likeness (QED) is 0.209. The third kappa shape index (κ3) is 10.3. The molecule has 0 saturated heterocycles. The van der Waals surface area contributed by atoms with Gasteiger partial charge in [0.15, 0.2) is 0 Å². The first-order valence-corrected chi connectivity index (χ1v) is 9.77. The fourth-order valence-corrected chi connectivity index (χ4v) is 2.61. The molecule has 0 heterocycles. The Morgan fingerprint density at radius 2 is 1.48 bits per heavy atom. The van der Waals surface area contributed by atoms with Crippen LogP contribution in [0, 0.1) is 5.92 Å². The molecule has 0 spiro atoms. The molecular formula is C18H37N5O4. The molecule has 0 aliphatic rings. The van der Waals surface area contributed by atoms with E-state index in [0.717, 1.165) is 12.8 Å². The number of hydrogen-bond donors (Lipinski definition) is 6. The summed E-state index contributed by atoms with van der Waals surface area (Å²) in [6, 6.07) is -2.57. The van der Waals surface area contributed by atoms with Crippen LogP contribution in [0.4, 0.5) is 0 Å². The highest BCUT2D eigenvalue weighted by molar-refractivity contribution is 5.91. The van der Waals surface area contributed by atoms with E-state index in [0.29, 0.717) is 38.8 Å². The molecule has 0 radical (unpaired) electrons. The summed E-state index contributed by atoms with van der Waals surface area (Å²) in [6.07, 6.45) is 4.20. The molecule has 0 fully saturated rings. The smallest absolute Gasteiger partial charge is 0.326 e. The second kappa shape index (κ2) is 14.4. The molecule has 9 N–H and O–H groups in total. The van der Waals surface area contributed by atoms with Crippen molar-refractivity contribution < 1.29 is 19.5 Å². The summed E-state index contributed by atoms with van der Waals surface area (Å²) in [7, 11) is 0. The van der Waals surface area contributed by atoms with Crippen LogP contribution in [-0.4, -0.2) is 54.1 Å². The monoisotopic (exact) mass is 387 g/mol. The molecule has 2 amide bonds. The summed E-state index contributed by atoms with van der Waals surface area (Å²) in [5.41, 5.74) is 16.7. The molecule has 4 atom stereocenters. The first-order chi connectivity index (χ1) is 12.8. The zero-order valence-electron chi connectivity index (χ0n) is 16.6. The van der Waals surface area contributed by atoms with Gasteiger partial charge in [-0.3, -0.25) is 9.59 Å². The van der Waals surface area contributed by atoms with Crippen molar-refractivity contribution >= 4 is 17.8 Å². The van der Waals surface area contributed by atoms with Gasteiger partial charge in [0.05, 0.1) is 6.04 Å². The molecular weight excluding hydrogens is 350 g/mol. The van der Waals surface area contributed by atoms with E-state index in [1.165, 1.54) is 0 Å². The molecule has 0 aromatic heterocycles. The molecule has 0 saturated carbocycles. The highest BCUT2D eigenvalue weighted by atomic mass is 16.4. The van der Waals surface area contributed by atoms with Crippen LogP contribution in [0.2, 0.25) is 0 Å². The summed E-state index contributed by atoms with van der Waals surface area (Å²) in [5, 5.41) is 14.5. The fraction of sp³-hybridized carbons (Fsp3) is 0.833. The number of hydrogen-bond acceptors (Lipinski definition) is 6. The molecule has 0 aliphatic carbocycles. The predicted octanol–water partition coefficient (Wildman–Crippen LogP) is -0.328. The van der Waals surface area contributed by atoms with E-state index in [1.807, 2.05) is 13.8 Å². The highest BCUT2D eigenvalue weighted by Crippen LogP contribution is 2.10. The van der Waals surface area contributed by atoms with Crippen molar-refractivity contribution in [2.24, 2.45) is 23.1 Å². The number of nitrogens with two attached hydrogens (primary N) is 3. The van der Waals surface area contributed by atoms with Gasteiger partial charge in [-0.15, -0.1) is 0 Å². The third-order valence-electron chi connectivity index (χ3n) is 4.66. The standard InChI is InChI=1S/C18H37N5O4/c1-3-12(2)15(23-16(24)13(21)8-4-6-10-19)17(25)22-14(18(26)27)9-5-7-11-20/h12-15H,3-11,19-21H2,1-2H3,(H,22,25)(H,23,24)(H,26,27). The van der Waals surface area contributed by atoms with Crippen LogP contribution in [0.3, 0.4) is 0 Å². The molecule has 27 heavy (non-hydrogen) atoms. The van der Waals surface area contributed by atoms with E-state index >= 15 is 0 Å². The molecule has 0 aliphatic heterocycles. The van der Waals surface area contributed by atoms with Crippen molar-refractivity contribution in [2.45, 2.75) is 76.9 Å². The average molecular weight is 388 g/mol. The van der Waals surface area contributed by atoms with Crippen LogP contribution in [-0.2, 0) is 14.4 Å². The lowest BCUT2D eigenvalue weighted by Gasteiger charge is -2.26. The zero-order valence-corrected chi connectivity index (χ0v) is 16.6. The van der Waals surface area contributed by atoms with Gasteiger partial charge in [-0.25, -0.2) is 4.79 Å². The first kappa shape index (κ1) is 25.3. The number of aliphatic carboxylic acids is 1. The Labute approximate surface area is 161 Å². The Morgan fingerprint density at radius 3 is 1.96 bits per heavy atom. The van der Waals surface area contributed by atoms with Gasteiger partial charge >= 0.3 is 5.97 Å². The molecule has 9 nitrogen and oxygen atoms in total. The number of amides is 2. The lowest BCUT2D eigenvalue weighted by molar-refractivity contribution is -0.142. The maximum absolute atomic E-state index is 12.6. The molecule has 0 rings (SSSR count). The Bertz CT molecular complexity index is 461. The molecule has 158 valence electrons. The topological polar surface area (TPSA) is 174 Å². The molecule has 0 aromatic carbocycles. The zero-order chi connectivity index (χ0) is 20.8. The lowest BCUT2D eigenvalue weighted by Crippen LogP contribution is -2.56. The summed E-state index contributed by atoms with van der Waals surface area (Å²) in [6.45, 7) is 4.73. The van der Waals surface area contributed by atoms with Gasteiger partial charge in [0, 0.05) is 0 Å². The predicted molar refractivity (Wildman–Crippen MR) is 105 cm³/mol. The van der Waals surface area contributed by atoms with Crippen LogP contribution in [0.5, 0.6) is 0 Å². The van der Waals surface area contributed by atoms with Gasteiger partial charge in [-0.2, -0.15) is 0 Å². The minimum Gasteiger partial charge on any atom is -0.480 e. The Kier molecular flexibility index (Phi) is 13.5. The number of nitrogens with one attached hydrogen (secondary N) is 2. The van der Waals surface area contributed by atoms with Crippen molar-refractivity contribution in [3.63, 3.8) is 0 Å². The SMILES string of the molecule is CCC(C)C(NC(=O)C(N)CCCCN)C(=O)NC(CCCCN)C(=O)O. The Morgan fingerprint density at radius 1 is 0.926 bits per heavy atom.